The molecule has 4 heteroatoms. The molecule has 1 aliphatic rings. The lowest BCUT2D eigenvalue weighted by molar-refractivity contribution is -0.121. The zero-order chi connectivity index (χ0) is 13.1. The van der Waals surface area contributed by atoms with Gasteiger partial charge in [0, 0.05) is 6.54 Å². The summed E-state index contributed by atoms with van der Waals surface area (Å²) < 4.78 is 0. The van der Waals surface area contributed by atoms with Crippen molar-refractivity contribution in [1.82, 2.24) is 5.32 Å². The maximum absolute atomic E-state index is 11.2. The Morgan fingerprint density at radius 2 is 2.00 bits per heavy atom. The molecule has 0 aromatic carbocycles. The van der Waals surface area contributed by atoms with Crippen molar-refractivity contribution in [3.8, 4) is 0 Å². The third-order valence-electron chi connectivity index (χ3n) is 3.83. The van der Waals surface area contributed by atoms with Gasteiger partial charge >= 0.3 is 0 Å². The van der Waals surface area contributed by atoms with E-state index in [1.54, 1.807) is 0 Å². The Bertz CT molecular complexity index is 258. The van der Waals surface area contributed by atoms with Crippen LogP contribution in [0.15, 0.2) is 0 Å². The van der Waals surface area contributed by atoms with Gasteiger partial charge in [-0.3, -0.25) is 4.79 Å². The molecule has 0 heterocycles. The highest BCUT2D eigenvalue weighted by Gasteiger charge is 2.33. The molecular weight excluding hydrogens is 216 g/mol. The minimum atomic E-state index is -0.658. The van der Waals surface area contributed by atoms with Crippen molar-refractivity contribution in [1.29, 1.82) is 0 Å². The van der Waals surface area contributed by atoms with Crippen LogP contribution >= 0.6 is 0 Å². The van der Waals surface area contributed by atoms with Crippen molar-refractivity contribution < 1.29 is 9.90 Å². The Morgan fingerprint density at radius 3 is 2.41 bits per heavy atom. The maximum atomic E-state index is 11.2. The summed E-state index contributed by atoms with van der Waals surface area (Å²) in [4.78, 5) is 11.2. The van der Waals surface area contributed by atoms with E-state index in [0.717, 1.165) is 25.7 Å². The minimum absolute atomic E-state index is 0.151. The van der Waals surface area contributed by atoms with E-state index < -0.39 is 5.60 Å². The van der Waals surface area contributed by atoms with Crippen LogP contribution in [0.25, 0.3) is 0 Å². The maximum Gasteiger partial charge on any atom is 0.234 e. The first kappa shape index (κ1) is 14.5. The van der Waals surface area contributed by atoms with Gasteiger partial charge in [0.25, 0.3) is 0 Å². The zero-order valence-electron chi connectivity index (χ0n) is 11.2. The minimum Gasteiger partial charge on any atom is -0.389 e. The molecule has 4 N–H and O–H groups in total. The first-order chi connectivity index (χ1) is 7.84. The summed E-state index contributed by atoms with van der Waals surface area (Å²) in [5, 5.41) is 13.5. The van der Waals surface area contributed by atoms with E-state index in [9.17, 15) is 9.90 Å². The van der Waals surface area contributed by atoms with Gasteiger partial charge in [-0.15, -0.1) is 0 Å². The zero-order valence-corrected chi connectivity index (χ0v) is 11.2. The van der Waals surface area contributed by atoms with Crippen molar-refractivity contribution in [3.05, 3.63) is 0 Å². The van der Waals surface area contributed by atoms with Crippen LogP contribution in [0.5, 0.6) is 0 Å². The number of hydrogen-bond donors (Lipinski definition) is 3. The summed E-state index contributed by atoms with van der Waals surface area (Å²) in [6.45, 7) is 6.59. The van der Waals surface area contributed by atoms with E-state index in [0.29, 0.717) is 12.5 Å². The average molecular weight is 242 g/mol. The largest absolute Gasteiger partial charge is 0.389 e. The molecule has 17 heavy (non-hydrogen) atoms. The molecule has 100 valence electrons. The second-order valence-electron chi connectivity index (χ2n) is 5.91. The summed E-state index contributed by atoms with van der Waals surface area (Å²) in [7, 11) is 0. The molecule has 0 unspecified atom stereocenters. The van der Waals surface area contributed by atoms with Crippen molar-refractivity contribution >= 4 is 5.91 Å². The quantitative estimate of drug-likeness (QED) is 0.674. The van der Waals surface area contributed by atoms with Crippen LogP contribution in [0, 0.1) is 11.8 Å². The highest BCUT2D eigenvalue weighted by Crippen LogP contribution is 2.31. The number of nitrogens with one attached hydrogen (secondary N) is 1. The van der Waals surface area contributed by atoms with Crippen molar-refractivity contribution in [3.63, 3.8) is 0 Å². The van der Waals surface area contributed by atoms with Gasteiger partial charge in [0.2, 0.25) is 5.91 Å². The summed E-state index contributed by atoms with van der Waals surface area (Å²) in [5.41, 5.74) is 4.68. The molecule has 0 radical (unpaired) electrons. The van der Waals surface area contributed by atoms with Gasteiger partial charge in [-0.05, 0) is 37.5 Å². The topological polar surface area (TPSA) is 75.3 Å². The molecule has 1 amide bonds. The SMILES string of the molecule is CC1CCC(O)(CN[C@H](C(N)=O)C(C)C)CC1. The molecule has 0 aromatic heterocycles. The second-order valence-corrected chi connectivity index (χ2v) is 5.91. The summed E-state index contributed by atoms with van der Waals surface area (Å²) >= 11 is 0. The van der Waals surface area contributed by atoms with Crippen molar-refractivity contribution in [2.45, 2.75) is 58.1 Å². The Labute approximate surface area is 104 Å². The van der Waals surface area contributed by atoms with Gasteiger partial charge in [-0.1, -0.05) is 20.8 Å². The Morgan fingerprint density at radius 1 is 1.47 bits per heavy atom. The third-order valence-corrected chi connectivity index (χ3v) is 3.83. The predicted octanol–water partition coefficient (Wildman–Crippen LogP) is 1.03. The number of primary amides is 1. The number of rotatable bonds is 5. The number of hydrogen-bond acceptors (Lipinski definition) is 3. The first-order valence-corrected chi connectivity index (χ1v) is 6.59. The van der Waals surface area contributed by atoms with Gasteiger partial charge < -0.3 is 16.2 Å². The summed E-state index contributed by atoms with van der Waals surface area (Å²) in [5.74, 6) is 0.513. The smallest absolute Gasteiger partial charge is 0.234 e. The lowest BCUT2D eigenvalue weighted by atomic mass is 9.79. The normalized spacial score (nSPS) is 31.5. The molecule has 0 spiro atoms. The van der Waals surface area contributed by atoms with E-state index in [-0.39, 0.29) is 17.9 Å². The predicted molar refractivity (Wildman–Crippen MR) is 68.4 cm³/mol. The Hall–Kier alpha value is -0.610. The third kappa shape index (κ3) is 4.28. The summed E-state index contributed by atoms with van der Waals surface area (Å²) in [6.07, 6.45) is 3.73. The Kier molecular flexibility index (Phi) is 4.95. The van der Waals surface area contributed by atoms with Crippen LogP contribution < -0.4 is 11.1 Å². The first-order valence-electron chi connectivity index (χ1n) is 6.59. The molecule has 0 aromatic rings. The molecule has 1 saturated carbocycles. The van der Waals surface area contributed by atoms with Crippen LogP contribution in [-0.4, -0.2) is 29.2 Å². The fourth-order valence-corrected chi connectivity index (χ4v) is 2.44. The van der Waals surface area contributed by atoms with Crippen LogP contribution in [0.1, 0.15) is 46.5 Å². The highest BCUT2D eigenvalue weighted by atomic mass is 16.3. The van der Waals surface area contributed by atoms with E-state index in [1.165, 1.54) is 0 Å². The number of carbonyl (C=O) groups is 1. The highest BCUT2D eigenvalue weighted by molar-refractivity contribution is 5.80. The van der Waals surface area contributed by atoms with Crippen LogP contribution in [0.4, 0.5) is 0 Å². The molecule has 1 aliphatic carbocycles. The molecule has 4 nitrogen and oxygen atoms in total. The number of aliphatic hydroxyl groups is 1. The van der Waals surface area contributed by atoms with Gasteiger partial charge in [-0.2, -0.15) is 0 Å². The molecular formula is C13H26N2O2. The van der Waals surface area contributed by atoms with E-state index in [1.807, 2.05) is 13.8 Å². The lowest BCUT2D eigenvalue weighted by Crippen LogP contribution is -2.52. The fourth-order valence-electron chi connectivity index (χ4n) is 2.44. The van der Waals surface area contributed by atoms with Gasteiger partial charge in [0.15, 0.2) is 0 Å². The van der Waals surface area contributed by atoms with E-state index in [4.69, 9.17) is 5.73 Å². The molecule has 0 aliphatic heterocycles. The number of carbonyl (C=O) groups excluding carboxylic acids is 1. The Balaban J connectivity index is 2.45. The number of nitrogens with two attached hydrogens (primary N) is 1. The van der Waals surface area contributed by atoms with Crippen LogP contribution in [0.2, 0.25) is 0 Å². The molecule has 1 fully saturated rings. The van der Waals surface area contributed by atoms with Gasteiger partial charge in [-0.25, -0.2) is 0 Å². The van der Waals surface area contributed by atoms with E-state index >= 15 is 0 Å². The molecule has 0 bridgehead atoms. The molecule has 1 rings (SSSR count). The molecule has 0 saturated heterocycles. The number of amides is 1. The van der Waals surface area contributed by atoms with Crippen molar-refractivity contribution in [2.75, 3.05) is 6.54 Å². The van der Waals surface area contributed by atoms with E-state index in [2.05, 4.69) is 12.2 Å². The van der Waals surface area contributed by atoms with Gasteiger partial charge in [0.1, 0.15) is 0 Å². The van der Waals surface area contributed by atoms with Crippen LogP contribution in [-0.2, 0) is 4.79 Å². The average Bonchev–Trinajstić information content (AvgIpc) is 2.22. The van der Waals surface area contributed by atoms with Crippen LogP contribution in [0.3, 0.4) is 0 Å². The monoisotopic (exact) mass is 242 g/mol. The standard InChI is InChI=1S/C13H26N2O2/c1-9(2)11(12(14)16)15-8-13(17)6-4-10(3)5-7-13/h9-11,15,17H,4-8H2,1-3H3,(H2,14,16)/t10?,11-,13?/m0/s1. The molecule has 1 atom stereocenters. The lowest BCUT2D eigenvalue weighted by Gasteiger charge is -2.36. The van der Waals surface area contributed by atoms with Crippen molar-refractivity contribution in [2.24, 2.45) is 17.6 Å². The summed E-state index contributed by atoms with van der Waals surface area (Å²) in [6, 6.07) is -0.349. The second kappa shape index (κ2) is 5.83. The van der Waals surface area contributed by atoms with Gasteiger partial charge in [0.05, 0.1) is 11.6 Å². The fraction of sp³-hybridized carbons (Fsp3) is 0.923.